The lowest BCUT2D eigenvalue weighted by Gasteiger charge is -2.14. The Morgan fingerprint density at radius 1 is 1.24 bits per heavy atom. The highest BCUT2D eigenvalue weighted by molar-refractivity contribution is 6.34. The number of alkyl halides is 3. The van der Waals surface area contributed by atoms with Crippen LogP contribution in [0.3, 0.4) is 0 Å². The quantitative estimate of drug-likeness (QED) is 0.929. The third-order valence-corrected chi connectivity index (χ3v) is 3.22. The number of carboxylic acids is 1. The highest BCUT2D eigenvalue weighted by Gasteiger charge is 2.34. The van der Waals surface area contributed by atoms with Crippen molar-refractivity contribution < 1.29 is 23.1 Å². The van der Waals surface area contributed by atoms with Crippen LogP contribution in [0.5, 0.6) is 0 Å². The molecule has 0 radical (unpaired) electrons. The maximum atomic E-state index is 13.0. The van der Waals surface area contributed by atoms with E-state index in [0.717, 1.165) is 6.07 Å². The molecule has 0 amide bonds. The van der Waals surface area contributed by atoms with Crippen molar-refractivity contribution in [3.8, 4) is 11.3 Å². The van der Waals surface area contributed by atoms with Gasteiger partial charge in [-0.2, -0.15) is 13.2 Å². The molecular formula is C14H9ClF3NO2. The number of carbonyl (C=O) groups is 1. The number of aliphatic carboxylic acids is 1. The van der Waals surface area contributed by atoms with Gasteiger partial charge in [0.25, 0.3) is 0 Å². The lowest BCUT2D eigenvalue weighted by atomic mass is 10.0. The minimum absolute atomic E-state index is 0.0802. The van der Waals surface area contributed by atoms with Crippen LogP contribution in [0, 0.1) is 0 Å². The number of hydrogen-bond donors (Lipinski definition) is 1. The number of rotatable bonds is 3. The lowest BCUT2D eigenvalue weighted by molar-refractivity contribution is -0.137. The molecule has 0 atom stereocenters. The average molecular weight is 316 g/mol. The first kappa shape index (κ1) is 15.3. The van der Waals surface area contributed by atoms with Gasteiger partial charge in [0.2, 0.25) is 0 Å². The summed E-state index contributed by atoms with van der Waals surface area (Å²) in [7, 11) is 0. The zero-order valence-electron chi connectivity index (χ0n) is 10.5. The Hall–Kier alpha value is -2.08. The van der Waals surface area contributed by atoms with E-state index in [0.29, 0.717) is 0 Å². The maximum absolute atomic E-state index is 13.0. The number of aromatic nitrogens is 1. The minimum Gasteiger partial charge on any atom is -0.481 e. The number of benzene rings is 1. The fourth-order valence-electron chi connectivity index (χ4n) is 1.91. The highest BCUT2D eigenvalue weighted by atomic mass is 35.5. The number of nitrogens with zero attached hydrogens (tertiary/aromatic N) is 1. The lowest BCUT2D eigenvalue weighted by Crippen LogP contribution is -2.08. The summed E-state index contributed by atoms with van der Waals surface area (Å²) in [5.74, 6) is -1.13. The predicted octanol–water partition coefficient (Wildman–Crippen LogP) is 4.05. The average Bonchev–Trinajstić information content (AvgIpc) is 2.40. The Balaban J connectivity index is 2.61. The van der Waals surface area contributed by atoms with Gasteiger partial charge >= 0.3 is 12.1 Å². The minimum atomic E-state index is -4.55. The van der Waals surface area contributed by atoms with Gasteiger partial charge in [0.05, 0.1) is 22.7 Å². The molecule has 0 aliphatic heterocycles. The summed E-state index contributed by atoms with van der Waals surface area (Å²) in [6, 6.07) is 6.25. The molecule has 1 N–H and O–H groups in total. The fourth-order valence-corrected chi connectivity index (χ4v) is 2.19. The van der Waals surface area contributed by atoms with Crippen LogP contribution in [0.25, 0.3) is 11.3 Å². The topological polar surface area (TPSA) is 50.2 Å². The van der Waals surface area contributed by atoms with Crippen molar-refractivity contribution in [3.63, 3.8) is 0 Å². The van der Waals surface area contributed by atoms with Gasteiger partial charge in [0, 0.05) is 11.8 Å². The molecule has 0 saturated heterocycles. The van der Waals surface area contributed by atoms with Gasteiger partial charge < -0.3 is 5.11 Å². The third kappa shape index (κ3) is 3.33. The van der Waals surface area contributed by atoms with Crippen LogP contribution >= 0.6 is 11.6 Å². The smallest absolute Gasteiger partial charge is 0.417 e. The van der Waals surface area contributed by atoms with E-state index in [1.807, 2.05) is 0 Å². The zero-order valence-corrected chi connectivity index (χ0v) is 11.2. The summed E-state index contributed by atoms with van der Waals surface area (Å²) in [6.07, 6.45) is -3.69. The number of carboxylic acid groups (broad SMARTS) is 1. The molecule has 0 aliphatic rings. The molecule has 2 rings (SSSR count). The van der Waals surface area contributed by atoms with Gasteiger partial charge in [-0.25, -0.2) is 0 Å². The second-order valence-electron chi connectivity index (χ2n) is 4.25. The Morgan fingerprint density at radius 3 is 2.52 bits per heavy atom. The van der Waals surface area contributed by atoms with E-state index >= 15 is 0 Å². The van der Waals surface area contributed by atoms with E-state index < -0.39 is 17.7 Å². The SMILES string of the molecule is O=C(O)Cc1ccnc(-c2ccccc2C(F)(F)F)c1Cl. The van der Waals surface area contributed by atoms with E-state index in [1.54, 1.807) is 0 Å². The summed E-state index contributed by atoms with van der Waals surface area (Å²) < 4.78 is 39.0. The summed E-state index contributed by atoms with van der Waals surface area (Å²) in [5.41, 5.74) is -0.913. The summed E-state index contributed by atoms with van der Waals surface area (Å²) in [4.78, 5) is 14.6. The van der Waals surface area contributed by atoms with E-state index in [1.165, 1.54) is 30.5 Å². The third-order valence-electron chi connectivity index (χ3n) is 2.80. The first-order chi connectivity index (χ1) is 9.80. The summed E-state index contributed by atoms with van der Waals surface area (Å²) in [5, 5.41) is 8.69. The van der Waals surface area contributed by atoms with Crippen molar-refractivity contribution in [3.05, 3.63) is 52.7 Å². The van der Waals surface area contributed by atoms with Crippen LogP contribution in [-0.4, -0.2) is 16.1 Å². The summed E-state index contributed by atoms with van der Waals surface area (Å²) in [6.45, 7) is 0. The Morgan fingerprint density at radius 2 is 1.90 bits per heavy atom. The molecule has 0 aliphatic carbocycles. The van der Waals surface area contributed by atoms with Crippen molar-refractivity contribution in [2.45, 2.75) is 12.6 Å². The first-order valence-corrected chi connectivity index (χ1v) is 6.20. The normalized spacial score (nSPS) is 11.4. The molecule has 3 nitrogen and oxygen atoms in total. The van der Waals surface area contributed by atoms with Crippen molar-refractivity contribution in [1.29, 1.82) is 0 Å². The monoisotopic (exact) mass is 315 g/mol. The molecular weight excluding hydrogens is 307 g/mol. The molecule has 21 heavy (non-hydrogen) atoms. The molecule has 0 unspecified atom stereocenters. The molecule has 7 heteroatoms. The van der Waals surface area contributed by atoms with Crippen LogP contribution in [0.2, 0.25) is 5.02 Å². The molecule has 0 bridgehead atoms. The molecule has 0 fully saturated rings. The van der Waals surface area contributed by atoms with E-state index in [-0.39, 0.29) is 28.3 Å². The van der Waals surface area contributed by atoms with Crippen LogP contribution < -0.4 is 0 Å². The van der Waals surface area contributed by atoms with Crippen molar-refractivity contribution in [2.75, 3.05) is 0 Å². The Labute approximate surface area is 123 Å². The predicted molar refractivity (Wildman–Crippen MR) is 71.0 cm³/mol. The largest absolute Gasteiger partial charge is 0.481 e. The number of hydrogen-bond acceptors (Lipinski definition) is 2. The Kier molecular flexibility index (Phi) is 4.18. The van der Waals surface area contributed by atoms with E-state index in [2.05, 4.69) is 4.98 Å². The zero-order chi connectivity index (χ0) is 15.6. The van der Waals surface area contributed by atoms with Gasteiger partial charge in [-0.15, -0.1) is 0 Å². The van der Waals surface area contributed by atoms with E-state index in [9.17, 15) is 18.0 Å². The van der Waals surface area contributed by atoms with Gasteiger partial charge in [-0.3, -0.25) is 9.78 Å². The van der Waals surface area contributed by atoms with Gasteiger partial charge in [0.1, 0.15) is 0 Å². The standard InChI is InChI=1S/C14H9ClF3NO2/c15-12-8(7-11(20)21)5-6-19-13(12)9-3-1-2-4-10(9)14(16,17)18/h1-6H,7H2,(H,20,21). The molecule has 0 saturated carbocycles. The van der Waals surface area contributed by atoms with E-state index in [4.69, 9.17) is 16.7 Å². The molecule has 1 aromatic carbocycles. The molecule has 1 aromatic heterocycles. The van der Waals surface area contributed by atoms with Crippen LogP contribution in [0.4, 0.5) is 13.2 Å². The van der Waals surface area contributed by atoms with Crippen molar-refractivity contribution >= 4 is 17.6 Å². The van der Waals surface area contributed by atoms with Crippen LogP contribution in [0.15, 0.2) is 36.5 Å². The summed E-state index contributed by atoms with van der Waals surface area (Å²) >= 11 is 6.02. The van der Waals surface area contributed by atoms with Crippen molar-refractivity contribution in [1.82, 2.24) is 4.98 Å². The number of pyridine rings is 1. The van der Waals surface area contributed by atoms with Gasteiger partial charge in [0.15, 0.2) is 0 Å². The van der Waals surface area contributed by atoms with Crippen LogP contribution in [-0.2, 0) is 17.4 Å². The van der Waals surface area contributed by atoms with Crippen LogP contribution in [0.1, 0.15) is 11.1 Å². The number of halogens is 4. The molecule has 2 aromatic rings. The molecule has 1 heterocycles. The fraction of sp³-hybridized carbons (Fsp3) is 0.143. The van der Waals surface area contributed by atoms with Gasteiger partial charge in [-0.1, -0.05) is 29.8 Å². The second kappa shape index (κ2) is 5.73. The van der Waals surface area contributed by atoms with Gasteiger partial charge in [-0.05, 0) is 17.7 Å². The molecule has 0 spiro atoms. The Bertz CT molecular complexity index is 686. The van der Waals surface area contributed by atoms with Crippen molar-refractivity contribution in [2.24, 2.45) is 0 Å². The second-order valence-corrected chi connectivity index (χ2v) is 4.62. The maximum Gasteiger partial charge on any atom is 0.417 e. The highest BCUT2D eigenvalue weighted by Crippen LogP contribution is 2.39. The molecule has 110 valence electrons. The first-order valence-electron chi connectivity index (χ1n) is 5.82.